The van der Waals surface area contributed by atoms with E-state index >= 15 is 0 Å². The molecule has 0 saturated heterocycles. The predicted octanol–water partition coefficient (Wildman–Crippen LogP) is 2.80. The number of sulfonamides is 1. The highest BCUT2D eigenvalue weighted by molar-refractivity contribution is 7.90. The van der Waals surface area contributed by atoms with Crippen LogP contribution in [0.3, 0.4) is 0 Å². The number of urea groups is 1. The second-order valence-electron chi connectivity index (χ2n) is 5.51. The number of nitrogens with zero attached hydrogens (tertiary/aromatic N) is 1. The molecule has 1 aliphatic rings. The Morgan fingerprint density at radius 2 is 1.68 bits per heavy atom. The minimum Gasteiger partial charge on any atom is -0.308 e. The standard InChI is InChI=1S/C17H18N4O3S/c22-17(19-13-6-2-1-3-7-13)20-14-8-4-9-15(12-14)25(23,24)21-16-10-5-11-18-16/h1-4,6-9,12H,5,10-11H2,(H,18,21)(H2,19,20,22). The van der Waals surface area contributed by atoms with E-state index in [1.807, 2.05) is 6.07 Å². The van der Waals surface area contributed by atoms with E-state index in [1.165, 1.54) is 12.1 Å². The van der Waals surface area contributed by atoms with Crippen LogP contribution in [0.15, 0.2) is 64.5 Å². The largest absolute Gasteiger partial charge is 0.323 e. The number of benzene rings is 2. The summed E-state index contributed by atoms with van der Waals surface area (Å²) in [4.78, 5) is 16.2. The van der Waals surface area contributed by atoms with Gasteiger partial charge in [-0.3, -0.25) is 9.71 Å². The molecule has 0 radical (unpaired) electrons. The molecule has 0 aliphatic carbocycles. The summed E-state index contributed by atoms with van der Waals surface area (Å²) in [5, 5.41) is 5.30. The molecule has 130 valence electrons. The number of amidine groups is 1. The first kappa shape index (κ1) is 17.0. The highest BCUT2D eigenvalue weighted by atomic mass is 32.2. The summed E-state index contributed by atoms with van der Waals surface area (Å²) in [7, 11) is -3.71. The zero-order valence-corrected chi connectivity index (χ0v) is 14.2. The lowest BCUT2D eigenvalue weighted by molar-refractivity contribution is 0.262. The Balaban J connectivity index is 1.69. The van der Waals surface area contributed by atoms with Crippen molar-refractivity contribution in [2.75, 3.05) is 17.2 Å². The monoisotopic (exact) mass is 358 g/mol. The van der Waals surface area contributed by atoms with Gasteiger partial charge in [-0.2, -0.15) is 0 Å². The van der Waals surface area contributed by atoms with Gasteiger partial charge in [0, 0.05) is 24.3 Å². The van der Waals surface area contributed by atoms with E-state index in [9.17, 15) is 13.2 Å². The lowest BCUT2D eigenvalue weighted by atomic mass is 10.3. The van der Waals surface area contributed by atoms with E-state index in [4.69, 9.17) is 0 Å². The first-order valence-electron chi connectivity index (χ1n) is 7.82. The number of para-hydroxylation sites is 1. The summed E-state index contributed by atoms with van der Waals surface area (Å²) in [5.74, 6) is 0.472. The van der Waals surface area contributed by atoms with Crippen LogP contribution in [0.25, 0.3) is 0 Å². The second-order valence-corrected chi connectivity index (χ2v) is 7.19. The third-order valence-electron chi connectivity index (χ3n) is 3.56. The van der Waals surface area contributed by atoms with E-state index in [-0.39, 0.29) is 4.90 Å². The highest BCUT2D eigenvalue weighted by Crippen LogP contribution is 2.17. The molecule has 2 amide bonds. The van der Waals surface area contributed by atoms with Gasteiger partial charge in [0.25, 0.3) is 10.0 Å². The fourth-order valence-corrected chi connectivity index (χ4v) is 3.53. The molecule has 3 N–H and O–H groups in total. The molecule has 0 fully saturated rings. The molecule has 0 aromatic heterocycles. The normalized spacial score (nSPS) is 13.8. The zero-order valence-electron chi connectivity index (χ0n) is 13.4. The molecule has 1 aliphatic heterocycles. The quantitative estimate of drug-likeness (QED) is 0.783. The summed E-state index contributed by atoms with van der Waals surface area (Å²) in [6, 6.07) is 14.6. The number of hydrogen-bond acceptors (Lipinski definition) is 4. The van der Waals surface area contributed by atoms with Crippen LogP contribution < -0.4 is 15.4 Å². The van der Waals surface area contributed by atoms with Crippen molar-refractivity contribution in [1.29, 1.82) is 0 Å². The van der Waals surface area contributed by atoms with Crippen LogP contribution in [0.5, 0.6) is 0 Å². The van der Waals surface area contributed by atoms with Crippen LogP contribution >= 0.6 is 0 Å². The minimum atomic E-state index is -3.71. The molecule has 0 atom stereocenters. The fraction of sp³-hybridized carbons (Fsp3) is 0.176. The molecule has 2 aromatic carbocycles. The lowest BCUT2D eigenvalue weighted by Gasteiger charge is -2.10. The van der Waals surface area contributed by atoms with Crippen LogP contribution in [0, 0.1) is 0 Å². The average molecular weight is 358 g/mol. The molecular formula is C17H18N4O3S. The van der Waals surface area contributed by atoms with Crippen molar-refractivity contribution in [3.05, 3.63) is 54.6 Å². The van der Waals surface area contributed by atoms with Gasteiger partial charge in [0.2, 0.25) is 0 Å². The average Bonchev–Trinajstić information content (AvgIpc) is 3.08. The van der Waals surface area contributed by atoms with E-state index < -0.39 is 16.1 Å². The Kier molecular flexibility index (Phi) is 4.99. The van der Waals surface area contributed by atoms with E-state index in [0.29, 0.717) is 30.2 Å². The molecule has 0 spiro atoms. The number of rotatable bonds is 4. The van der Waals surface area contributed by atoms with Crippen LogP contribution in [0.4, 0.5) is 16.2 Å². The summed E-state index contributed by atoms with van der Waals surface area (Å²) in [6.45, 7) is 0.638. The Morgan fingerprint density at radius 3 is 2.40 bits per heavy atom. The van der Waals surface area contributed by atoms with Crippen LogP contribution in [-0.4, -0.2) is 26.8 Å². The molecule has 25 heavy (non-hydrogen) atoms. The maximum Gasteiger partial charge on any atom is 0.323 e. The number of carbonyl (C=O) groups is 1. The van der Waals surface area contributed by atoms with Gasteiger partial charge in [-0.05, 0) is 36.8 Å². The van der Waals surface area contributed by atoms with Crippen molar-refractivity contribution in [1.82, 2.24) is 4.72 Å². The second kappa shape index (κ2) is 7.35. The number of nitrogens with one attached hydrogen (secondary N) is 3. The molecule has 8 heteroatoms. The van der Waals surface area contributed by atoms with Gasteiger partial charge in [0.05, 0.1) is 4.90 Å². The molecule has 7 nitrogen and oxygen atoms in total. The Labute approximate surface area is 146 Å². The van der Waals surface area contributed by atoms with Crippen molar-refractivity contribution in [2.24, 2.45) is 4.99 Å². The van der Waals surface area contributed by atoms with Gasteiger partial charge in [0.1, 0.15) is 5.84 Å². The highest BCUT2D eigenvalue weighted by Gasteiger charge is 2.18. The number of carbonyl (C=O) groups excluding carboxylic acids is 1. The number of anilines is 2. The molecular weight excluding hydrogens is 340 g/mol. The van der Waals surface area contributed by atoms with E-state index in [2.05, 4.69) is 20.3 Å². The SMILES string of the molecule is O=C(Nc1ccccc1)Nc1cccc(S(=O)(=O)NC2=NCCC2)c1. The van der Waals surface area contributed by atoms with Gasteiger partial charge in [0.15, 0.2) is 0 Å². The minimum absolute atomic E-state index is 0.0691. The third-order valence-corrected chi connectivity index (χ3v) is 4.94. The molecule has 3 rings (SSSR count). The summed E-state index contributed by atoms with van der Waals surface area (Å²) in [6.07, 6.45) is 1.47. The van der Waals surface area contributed by atoms with Crippen LogP contribution in [0.1, 0.15) is 12.8 Å². The summed E-state index contributed by atoms with van der Waals surface area (Å²) in [5.41, 5.74) is 1.02. The maximum atomic E-state index is 12.4. The first-order valence-corrected chi connectivity index (χ1v) is 9.30. The number of aliphatic imine (C=N–C) groups is 1. The number of hydrogen-bond donors (Lipinski definition) is 3. The maximum absolute atomic E-state index is 12.4. The fourth-order valence-electron chi connectivity index (χ4n) is 2.39. The molecule has 1 heterocycles. The zero-order chi connectivity index (χ0) is 17.7. The van der Waals surface area contributed by atoms with E-state index in [1.54, 1.807) is 36.4 Å². The summed E-state index contributed by atoms with van der Waals surface area (Å²) >= 11 is 0. The topological polar surface area (TPSA) is 99.7 Å². The van der Waals surface area contributed by atoms with Crippen molar-refractivity contribution in [3.63, 3.8) is 0 Å². The van der Waals surface area contributed by atoms with Crippen molar-refractivity contribution in [2.45, 2.75) is 17.7 Å². The predicted molar refractivity (Wildman–Crippen MR) is 97.4 cm³/mol. The first-order chi connectivity index (χ1) is 12.0. The molecule has 0 unspecified atom stereocenters. The van der Waals surface area contributed by atoms with Gasteiger partial charge < -0.3 is 10.6 Å². The van der Waals surface area contributed by atoms with Crippen molar-refractivity contribution in [3.8, 4) is 0 Å². The third kappa shape index (κ3) is 4.57. The van der Waals surface area contributed by atoms with Gasteiger partial charge in [-0.25, -0.2) is 13.2 Å². The Hall–Kier alpha value is -2.87. The van der Waals surface area contributed by atoms with Gasteiger partial charge >= 0.3 is 6.03 Å². The van der Waals surface area contributed by atoms with Crippen molar-refractivity contribution >= 4 is 33.3 Å². The van der Waals surface area contributed by atoms with Crippen LogP contribution in [0.2, 0.25) is 0 Å². The summed E-state index contributed by atoms with van der Waals surface area (Å²) < 4.78 is 27.3. The van der Waals surface area contributed by atoms with Gasteiger partial charge in [-0.1, -0.05) is 24.3 Å². The molecule has 0 bridgehead atoms. The van der Waals surface area contributed by atoms with E-state index in [0.717, 1.165) is 6.42 Å². The lowest BCUT2D eigenvalue weighted by Crippen LogP contribution is -2.29. The number of amides is 2. The van der Waals surface area contributed by atoms with Crippen LogP contribution in [-0.2, 0) is 10.0 Å². The Bertz CT molecular complexity index is 895. The molecule has 0 saturated carbocycles. The molecule has 2 aromatic rings. The van der Waals surface area contributed by atoms with Crippen molar-refractivity contribution < 1.29 is 13.2 Å². The Morgan fingerprint density at radius 1 is 0.960 bits per heavy atom. The van der Waals surface area contributed by atoms with Gasteiger partial charge in [-0.15, -0.1) is 0 Å². The smallest absolute Gasteiger partial charge is 0.308 e.